The Labute approximate surface area is 99.8 Å². The van der Waals surface area contributed by atoms with Crippen molar-refractivity contribution in [1.82, 2.24) is 4.90 Å². The lowest BCUT2D eigenvalue weighted by Gasteiger charge is -2.37. The van der Waals surface area contributed by atoms with E-state index in [2.05, 4.69) is 11.8 Å². The zero-order valence-electron chi connectivity index (χ0n) is 10.8. The third-order valence-corrected chi connectivity index (χ3v) is 3.82. The maximum atomic E-state index is 9.11. The van der Waals surface area contributed by atoms with Gasteiger partial charge in [-0.2, -0.15) is 0 Å². The Hall–Kier alpha value is -0.120. The number of rotatable bonds is 7. The number of hydrogen-bond donors (Lipinski definition) is 1. The molecule has 16 heavy (non-hydrogen) atoms. The zero-order valence-corrected chi connectivity index (χ0v) is 10.8. The quantitative estimate of drug-likeness (QED) is 0.723. The number of hydrogen-bond acceptors (Lipinski definition) is 3. The van der Waals surface area contributed by atoms with E-state index in [1.807, 2.05) is 0 Å². The molecule has 1 rings (SSSR count). The third-order valence-electron chi connectivity index (χ3n) is 3.82. The molecule has 1 aliphatic rings. The lowest BCUT2D eigenvalue weighted by Crippen LogP contribution is -2.42. The van der Waals surface area contributed by atoms with Gasteiger partial charge in [-0.1, -0.05) is 26.2 Å². The highest BCUT2D eigenvalue weighted by Crippen LogP contribution is 2.29. The largest absolute Gasteiger partial charge is 0.395 e. The van der Waals surface area contributed by atoms with E-state index in [1.165, 1.54) is 32.1 Å². The first-order chi connectivity index (χ1) is 7.81. The van der Waals surface area contributed by atoms with Gasteiger partial charge in [0.15, 0.2) is 0 Å². The molecule has 0 bridgehead atoms. The Bertz CT molecular complexity index is 173. The van der Waals surface area contributed by atoms with E-state index in [-0.39, 0.29) is 6.61 Å². The van der Waals surface area contributed by atoms with Gasteiger partial charge in [0, 0.05) is 26.2 Å². The number of aliphatic hydroxyl groups excluding tert-OH is 1. The van der Waals surface area contributed by atoms with Gasteiger partial charge in [0.1, 0.15) is 0 Å². The highest BCUT2D eigenvalue weighted by Gasteiger charge is 2.25. The van der Waals surface area contributed by atoms with E-state index >= 15 is 0 Å². The molecular formula is C13H27NO2. The summed E-state index contributed by atoms with van der Waals surface area (Å²) in [4.78, 5) is 2.41. The molecule has 1 aliphatic carbocycles. The topological polar surface area (TPSA) is 32.7 Å². The number of nitrogens with zero attached hydrogens (tertiary/aromatic N) is 1. The number of methoxy groups -OCH3 is 1. The molecule has 0 saturated heterocycles. The Balaban J connectivity index is 2.41. The fraction of sp³-hybridized carbons (Fsp3) is 1.00. The lowest BCUT2D eigenvalue weighted by molar-refractivity contribution is 0.0733. The van der Waals surface area contributed by atoms with Crippen molar-refractivity contribution in [2.24, 2.45) is 5.92 Å². The summed E-state index contributed by atoms with van der Waals surface area (Å²) in [6.07, 6.45) is 6.64. The van der Waals surface area contributed by atoms with Crippen LogP contribution in [0.4, 0.5) is 0 Å². The minimum atomic E-state index is 0.261. The predicted octanol–water partition coefficient (Wildman–Crippen LogP) is 1.90. The summed E-state index contributed by atoms with van der Waals surface area (Å²) in [6, 6.07) is 0.668. The molecule has 96 valence electrons. The molecular weight excluding hydrogens is 202 g/mol. The van der Waals surface area contributed by atoms with Crippen LogP contribution in [0.3, 0.4) is 0 Å². The van der Waals surface area contributed by atoms with Crippen LogP contribution in [0.1, 0.15) is 39.0 Å². The maximum Gasteiger partial charge on any atom is 0.0589 e. The molecule has 0 aliphatic heterocycles. The van der Waals surface area contributed by atoms with Crippen molar-refractivity contribution >= 4 is 0 Å². The fourth-order valence-electron chi connectivity index (χ4n) is 2.78. The molecule has 1 saturated carbocycles. The molecule has 2 unspecified atom stereocenters. The van der Waals surface area contributed by atoms with Gasteiger partial charge in [-0.05, 0) is 18.8 Å². The van der Waals surface area contributed by atoms with Crippen LogP contribution in [0, 0.1) is 5.92 Å². The zero-order chi connectivity index (χ0) is 11.8. The van der Waals surface area contributed by atoms with Crippen molar-refractivity contribution in [1.29, 1.82) is 0 Å². The van der Waals surface area contributed by atoms with Crippen LogP contribution in [-0.4, -0.2) is 49.5 Å². The summed E-state index contributed by atoms with van der Waals surface area (Å²) in [5.41, 5.74) is 0. The summed E-state index contributed by atoms with van der Waals surface area (Å²) in [5, 5.41) is 9.11. The highest BCUT2D eigenvalue weighted by atomic mass is 16.5. The van der Waals surface area contributed by atoms with E-state index in [1.54, 1.807) is 7.11 Å². The Morgan fingerprint density at radius 3 is 2.75 bits per heavy atom. The first kappa shape index (κ1) is 13.9. The van der Waals surface area contributed by atoms with Crippen LogP contribution in [0.25, 0.3) is 0 Å². The van der Waals surface area contributed by atoms with Crippen molar-refractivity contribution in [2.75, 3.05) is 33.4 Å². The lowest BCUT2D eigenvalue weighted by atomic mass is 9.83. The second-order valence-corrected chi connectivity index (χ2v) is 4.85. The molecule has 0 radical (unpaired) electrons. The van der Waals surface area contributed by atoms with Crippen molar-refractivity contribution in [3.8, 4) is 0 Å². The summed E-state index contributed by atoms with van der Waals surface area (Å²) < 4.78 is 5.14. The molecule has 3 heteroatoms. The Morgan fingerprint density at radius 1 is 1.31 bits per heavy atom. The molecule has 0 aromatic rings. The van der Waals surface area contributed by atoms with Crippen LogP contribution in [0.15, 0.2) is 0 Å². The van der Waals surface area contributed by atoms with Crippen LogP contribution in [0.2, 0.25) is 0 Å². The van der Waals surface area contributed by atoms with Gasteiger partial charge in [-0.25, -0.2) is 0 Å². The molecule has 1 N–H and O–H groups in total. The van der Waals surface area contributed by atoms with E-state index < -0.39 is 0 Å². The van der Waals surface area contributed by atoms with Crippen molar-refractivity contribution in [3.63, 3.8) is 0 Å². The van der Waals surface area contributed by atoms with E-state index in [4.69, 9.17) is 9.84 Å². The first-order valence-electron chi connectivity index (χ1n) is 6.65. The van der Waals surface area contributed by atoms with Crippen molar-refractivity contribution in [2.45, 2.75) is 45.1 Å². The monoisotopic (exact) mass is 229 g/mol. The average Bonchev–Trinajstić information content (AvgIpc) is 2.34. The summed E-state index contributed by atoms with van der Waals surface area (Å²) in [5.74, 6) is 0.891. The van der Waals surface area contributed by atoms with Crippen molar-refractivity contribution in [3.05, 3.63) is 0 Å². The smallest absolute Gasteiger partial charge is 0.0589 e. The number of aliphatic hydroxyl groups is 1. The Morgan fingerprint density at radius 2 is 2.12 bits per heavy atom. The van der Waals surface area contributed by atoms with E-state index in [0.717, 1.165) is 25.6 Å². The molecule has 0 spiro atoms. The molecule has 0 aromatic carbocycles. The third kappa shape index (κ3) is 4.40. The first-order valence-corrected chi connectivity index (χ1v) is 6.65. The average molecular weight is 229 g/mol. The van der Waals surface area contributed by atoms with Gasteiger partial charge in [0.05, 0.1) is 13.2 Å². The maximum absolute atomic E-state index is 9.11. The van der Waals surface area contributed by atoms with Gasteiger partial charge in [-0.15, -0.1) is 0 Å². The SMILES string of the molecule is CCC1CCCC(N(CCO)CCOC)C1. The van der Waals surface area contributed by atoms with Crippen LogP contribution < -0.4 is 0 Å². The number of ether oxygens (including phenoxy) is 1. The minimum Gasteiger partial charge on any atom is -0.395 e. The molecule has 0 amide bonds. The fourth-order valence-corrected chi connectivity index (χ4v) is 2.78. The minimum absolute atomic E-state index is 0.261. The van der Waals surface area contributed by atoms with Crippen LogP contribution >= 0.6 is 0 Å². The summed E-state index contributed by atoms with van der Waals surface area (Å²) in [7, 11) is 1.74. The van der Waals surface area contributed by atoms with Gasteiger partial charge in [0.2, 0.25) is 0 Å². The second kappa shape index (κ2) is 8.04. The summed E-state index contributed by atoms with van der Waals surface area (Å²) in [6.45, 7) is 5.07. The molecule has 2 atom stereocenters. The molecule has 0 heterocycles. The van der Waals surface area contributed by atoms with Gasteiger partial charge in [0.25, 0.3) is 0 Å². The Kier molecular flexibility index (Phi) is 7.01. The standard InChI is InChI=1S/C13H27NO2/c1-3-12-5-4-6-13(11-12)14(7-9-15)8-10-16-2/h12-13,15H,3-11H2,1-2H3. The van der Waals surface area contributed by atoms with Gasteiger partial charge < -0.3 is 9.84 Å². The van der Waals surface area contributed by atoms with Crippen molar-refractivity contribution < 1.29 is 9.84 Å². The molecule has 3 nitrogen and oxygen atoms in total. The van der Waals surface area contributed by atoms with Crippen LogP contribution in [0.5, 0.6) is 0 Å². The predicted molar refractivity (Wildman–Crippen MR) is 66.6 cm³/mol. The van der Waals surface area contributed by atoms with Gasteiger partial charge >= 0.3 is 0 Å². The molecule has 0 aromatic heterocycles. The van der Waals surface area contributed by atoms with Crippen LogP contribution in [-0.2, 0) is 4.74 Å². The van der Waals surface area contributed by atoms with E-state index in [9.17, 15) is 0 Å². The second-order valence-electron chi connectivity index (χ2n) is 4.85. The van der Waals surface area contributed by atoms with E-state index in [0.29, 0.717) is 6.04 Å². The summed E-state index contributed by atoms with van der Waals surface area (Å²) >= 11 is 0. The molecule has 1 fully saturated rings. The highest BCUT2D eigenvalue weighted by molar-refractivity contribution is 4.80. The van der Waals surface area contributed by atoms with Gasteiger partial charge in [-0.3, -0.25) is 4.90 Å². The normalized spacial score (nSPS) is 26.2.